The van der Waals surface area contributed by atoms with Crippen LogP contribution in [-0.2, 0) is 4.79 Å². The molecule has 24 heavy (non-hydrogen) atoms. The maximum absolute atomic E-state index is 12.4. The second-order valence-corrected chi connectivity index (χ2v) is 5.76. The predicted molar refractivity (Wildman–Crippen MR) is 89.0 cm³/mol. The van der Waals surface area contributed by atoms with E-state index in [0.29, 0.717) is 17.9 Å². The van der Waals surface area contributed by atoms with Gasteiger partial charge in [-0.3, -0.25) is 9.59 Å². The Morgan fingerprint density at radius 1 is 1.08 bits per heavy atom. The Morgan fingerprint density at radius 2 is 1.71 bits per heavy atom. The summed E-state index contributed by atoms with van der Waals surface area (Å²) in [6.07, 6.45) is 0.485. The van der Waals surface area contributed by atoms with Crippen molar-refractivity contribution in [3.8, 4) is 17.2 Å². The summed E-state index contributed by atoms with van der Waals surface area (Å²) < 4.78 is 15.7. The summed E-state index contributed by atoms with van der Waals surface area (Å²) in [5.74, 6) is -0.784. The summed E-state index contributed by atoms with van der Waals surface area (Å²) in [6.45, 7) is 3.92. The van der Waals surface area contributed by atoms with E-state index in [1.807, 2.05) is 13.8 Å². The monoisotopic (exact) mass is 339 g/mol. The van der Waals surface area contributed by atoms with Gasteiger partial charge >= 0.3 is 5.97 Å². The molecule has 134 valence electrons. The summed E-state index contributed by atoms with van der Waals surface area (Å²) in [4.78, 5) is 23.7. The number of hydrogen-bond donors (Lipinski definition) is 2. The molecule has 0 heterocycles. The lowest BCUT2D eigenvalue weighted by atomic mass is 9.97. The summed E-state index contributed by atoms with van der Waals surface area (Å²) >= 11 is 0. The number of carbonyl (C=O) groups excluding carboxylic acids is 1. The number of methoxy groups -OCH3 is 3. The summed E-state index contributed by atoms with van der Waals surface area (Å²) in [6, 6.07) is 3.15. The maximum atomic E-state index is 12.4. The molecule has 0 aliphatic heterocycles. The summed E-state index contributed by atoms with van der Waals surface area (Å²) in [5, 5.41) is 11.9. The van der Waals surface area contributed by atoms with E-state index in [9.17, 15) is 14.7 Å². The third kappa shape index (κ3) is 4.78. The number of benzene rings is 1. The van der Waals surface area contributed by atoms with Gasteiger partial charge in [-0.25, -0.2) is 0 Å². The number of ether oxygens (including phenoxy) is 3. The van der Waals surface area contributed by atoms with Crippen LogP contribution in [0.3, 0.4) is 0 Å². The van der Waals surface area contributed by atoms with Gasteiger partial charge in [0, 0.05) is 6.54 Å². The van der Waals surface area contributed by atoms with Gasteiger partial charge in [-0.1, -0.05) is 13.8 Å². The minimum atomic E-state index is -0.928. The topological polar surface area (TPSA) is 94.1 Å². The molecular formula is C17H25NO6. The lowest BCUT2D eigenvalue weighted by Gasteiger charge is -2.18. The standard InChI is InChI=1S/C17H25NO6/c1-10(2)8-11(17(20)21)9-18-16(19)12-6-7-13(22-3)15(24-5)14(12)23-4/h6-7,10-11H,8-9H2,1-5H3,(H,18,19)(H,20,21). The molecule has 1 unspecified atom stereocenters. The van der Waals surface area contributed by atoms with E-state index in [1.54, 1.807) is 12.1 Å². The van der Waals surface area contributed by atoms with Crippen molar-refractivity contribution < 1.29 is 28.9 Å². The SMILES string of the molecule is COc1ccc(C(=O)NCC(CC(C)C)C(=O)O)c(OC)c1OC. The van der Waals surface area contributed by atoms with Crippen molar-refractivity contribution in [3.05, 3.63) is 17.7 Å². The van der Waals surface area contributed by atoms with Crippen molar-refractivity contribution in [1.82, 2.24) is 5.32 Å². The molecule has 0 radical (unpaired) electrons. The van der Waals surface area contributed by atoms with Crippen LogP contribution in [0.4, 0.5) is 0 Å². The summed E-state index contributed by atoms with van der Waals surface area (Å²) in [7, 11) is 4.36. The first-order valence-electron chi connectivity index (χ1n) is 7.65. The van der Waals surface area contributed by atoms with Crippen molar-refractivity contribution in [1.29, 1.82) is 0 Å². The van der Waals surface area contributed by atoms with Gasteiger partial charge in [0.15, 0.2) is 11.5 Å². The molecule has 2 N–H and O–H groups in total. The Bertz CT molecular complexity index is 585. The maximum Gasteiger partial charge on any atom is 0.308 e. The molecule has 7 heteroatoms. The fourth-order valence-corrected chi connectivity index (χ4v) is 2.43. The van der Waals surface area contributed by atoms with Crippen molar-refractivity contribution in [2.75, 3.05) is 27.9 Å². The van der Waals surface area contributed by atoms with E-state index < -0.39 is 17.8 Å². The van der Waals surface area contributed by atoms with Crippen molar-refractivity contribution in [2.24, 2.45) is 11.8 Å². The smallest absolute Gasteiger partial charge is 0.308 e. The molecule has 1 rings (SSSR count). The Balaban J connectivity index is 2.97. The number of carboxylic acids is 1. The minimum Gasteiger partial charge on any atom is -0.493 e. The normalized spacial score (nSPS) is 11.8. The van der Waals surface area contributed by atoms with Gasteiger partial charge in [0.2, 0.25) is 5.75 Å². The van der Waals surface area contributed by atoms with Crippen LogP contribution in [0.25, 0.3) is 0 Å². The zero-order valence-electron chi connectivity index (χ0n) is 14.7. The number of carboxylic acid groups (broad SMARTS) is 1. The van der Waals surface area contributed by atoms with Crippen LogP contribution in [-0.4, -0.2) is 44.9 Å². The molecule has 0 fully saturated rings. The summed E-state index contributed by atoms with van der Waals surface area (Å²) in [5.41, 5.74) is 0.254. The van der Waals surface area contributed by atoms with Crippen molar-refractivity contribution in [3.63, 3.8) is 0 Å². The number of hydrogen-bond acceptors (Lipinski definition) is 5. The average Bonchev–Trinajstić information content (AvgIpc) is 2.55. The minimum absolute atomic E-state index is 0.0455. The van der Waals surface area contributed by atoms with E-state index in [1.165, 1.54) is 21.3 Å². The molecule has 7 nitrogen and oxygen atoms in total. The first kappa shape index (κ1) is 19.6. The van der Waals surface area contributed by atoms with Gasteiger partial charge in [-0.15, -0.1) is 0 Å². The Kier molecular flexibility index (Phi) is 7.35. The molecule has 0 saturated heterocycles. The second kappa shape index (κ2) is 9.00. The van der Waals surface area contributed by atoms with Crippen LogP contribution in [0.2, 0.25) is 0 Å². The molecule has 0 spiro atoms. The van der Waals surface area contributed by atoms with Gasteiger partial charge in [0.1, 0.15) is 0 Å². The molecule has 0 aromatic heterocycles. The third-order valence-electron chi connectivity index (χ3n) is 3.56. The van der Waals surface area contributed by atoms with E-state index in [2.05, 4.69) is 5.32 Å². The highest BCUT2D eigenvalue weighted by Crippen LogP contribution is 2.39. The van der Waals surface area contributed by atoms with Crippen LogP contribution in [0, 0.1) is 11.8 Å². The predicted octanol–water partition coefficient (Wildman–Crippen LogP) is 2.19. The molecule has 0 aliphatic carbocycles. The zero-order chi connectivity index (χ0) is 18.3. The lowest BCUT2D eigenvalue weighted by Crippen LogP contribution is -2.33. The molecule has 1 aromatic carbocycles. The van der Waals surface area contributed by atoms with Gasteiger partial charge in [-0.2, -0.15) is 0 Å². The molecule has 0 saturated carbocycles. The molecule has 0 bridgehead atoms. The Labute approximate surface area is 141 Å². The number of rotatable bonds is 9. The number of aliphatic carboxylic acids is 1. The zero-order valence-corrected chi connectivity index (χ0v) is 14.7. The molecule has 1 atom stereocenters. The van der Waals surface area contributed by atoms with Crippen LogP contribution >= 0.6 is 0 Å². The van der Waals surface area contributed by atoms with Crippen LogP contribution in [0.5, 0.6) is 17.2 Å². The van der Waals surface area contributed by atoms with E-state index in [0.717, 1.165) is 0 Å². The number of carbonyl (C=O) groups is 2. The van der Waals surface area contributed by atoms with Crippen LogP contribution in [0.15, 0.2) is 12.1 Å². The molecule has 0 aliphatic rings. The van der Waals surface area contributed by atoms with Gasteiger partial charge in [0.05, 0.1) is 32.8 Å². The quantitative estimate of drug-likeness (QED) is 0.716. The van der Waals surface area contributed by atoms with Crippen LogP contribution < -0.4 is 19.5 Å². The Morgan fingerprint density at radius 3 is 2.17 bits per heavy atom. The van der Waals surface area contributed by atoms with Gasteiger partial charge in [-0.05, 0) is 24.5 Å². The van der Waals surface area contributed by atoms with E-state index in [4.69, 9.17) is 14.2 Å². The highest BCUT2D eigenvalue weighted by molar-refractivity contribution is 5.98. The number of nitrogens with one attached hydrogen (secondary N) is 1. The van der Waals surface area contributed by atoms with Crippen molar-refractivity contribution >= 4 is 11.9 Å². The average molecular weight is 339 g/mol. The largest absolute Gasteiger partial charge is 0.493 e. The second-order valence-electron chi connectivity index (χ2n) is 5.76. The van der Waals surface area contributed by atoms with Crippen molar-refractivity contribution in [2.45, 2.75) is 20.3 Å². The number of amides is 1. The fourth-order valence-electron chi connectivity index (χ4n) is 2.43. The molecule has 1 amide bonds. The lowest BCUT2D eigenvalue weighted by molar-refractivity contribution is -0.142. The third-order valence-corrected chi connectivity index (χ3v) is 3.56. The van der Waals surface area contributed by atoms with E-state index in [-0.39, 0.29) is 23.8 Å². The van der Waals surface area contributed by atoms with Gasteiger partial charge in [0.25, 0.3) is 5.91 Å². The first-order valence-corrected chi connectivity index (χ1v) is 7.65. The Hall–Kier alpha value is -2.44. The van der Waals surface area contributed by atoms with Gasteiger partial charge < -0.3 is 24.6 Å². The van der Waals surface area contributed by atoms with Crippen LogP contribution in [0.1, 0.15) is 30.6 Å². The fraction of sp³-hybridized carbons (Fsp3) is 0.529. The highest BCUT2D eigenvalue weighted by atomic mass is 16.5. The first-order chi connectivity index (χ1) is 11.3. The highest BCUT2D eigenvalue weighted by Gasteiger charge is 2.23. The molecular weight excluding hydrogens is 314 g/mol. The molecule has 1 aromatic rings. The van der Waals surface area contributed by atoms with E-state index >= 15 is 0 Å².